The summed E-state index contributed by atoms with van der Waals surface area (Å²) in [7, 11) is 0. The molecule has 0 fully saturated rings. The van der Waals surface area contributed by atoms with E-state index in [1.54, 1.807) is 19.1 Å². The first kappa shape index (κ1) is 14.1. The summed E-state index contributed by atoms with van der Waals surface area (Å²) in [5, 5.41) is 0.861. The third-order valence-corrected chi connectivity index (χ3v) is 2.77. The van der Waals surface area contributed by atoms with Gasteiger partial charge in [-0.25, -0.2) is 0 Å². The summed E-state index contributed by atoms with van der Waals surface area (Å²) >= 11 is 11.8. The Labute approximate surface area is 110 Å². The first-order valence-electron chi connectivity index (χ1n) is 5.05. The van der Waals surface area contributed by atoms with Crippen LogP contribution in [0.2, 0.25) is 10.0 Å². The van der Waals surface area contributed by atoms with Gasteiger partial charge in [0.15, 0.2) is 0 Å². The SMILES string of the molecule is CC(COc1c(Cl)cc(Cl)cc1CN)C(N)=O. The van der Waals surface area contributed by atoms with E-state index in [9.17, 15) is 4.79 Å². The van der Waals surface area contributed by atoms with Crippen molar-refractivity contribution >= 4 is 29.1 Å². The van der Waals surface area contributed by atoms with Crippen molar-refractivity contribution in [2.45, 2.75) is 13.5 Å². The number of hydrogen-bond donors (Lipinski definition) is 2. The maximum Gasteiger partial charge on any atom is 0.223 e. The second kappa shape index (κ2) is 6.10. The summed E-state index contributed by atoms with van der Waals surface area (Å²) in [6, 6.07) is 3.24. The van der Waals surface area contributed by atoms with Gasteiger partial charge in [0.2, 0.25) is 5.91 Å². The fourth-order valence-electron chi connectivity index (χ4n) is 1.22. The molecule has 0 aliphatic carbocycles. The number of halogens is 2. The molecule has 0 bridgehead atoms. The summed E-state index contributed by atoms with van der Waals surface area (Å²) in [6.07, 6.45) is 0. The van der Waals surface area contributed by atoms with Gasteiger partial charge in [0.25, 0.3) is 0 Å². The molecular formula is C11H14Cl2N2O2. The van der Waals surface area contributed by atoms with Crippen LogP contribution in [-0.4, -0.2) is 12.5 Å². The number of primary amides is 1. The Morgan fingerprint density at radius 1 is 1.47 bits per heavy atom. The summed E-state index contributed by atoms with van der Waals surface area (Å²) in [5.41, 5.74) is 11.4. The molecule has 0 spiro atoms. The van der Waals surface area contributed by atoms with Crippen LogP contribution in [0.25, 0.3) is 0 Å². The van der Waals surface area contributed by atoms with Crippen molar-refractivity contribution < 1.29 is 9.53 Å². The van der Waals surface area contributed by atoms with Crippen molar-refractivity contribution in [3.05, 3.63) is 27.7 Å². The number of rotatable bonds is 5. The van der Waals surface area contributed by atoms with Gasteiger partial charge in [0.05, 0.1) is 17.5 Å². The molecule has 1 aromatic rings. The van der Waals surface area contributed by atoms with E-state index in [4.69, 9.17) is 39.4 Å². The first-order chi connectivity index (χ1) is 7.95. The van der Waals surface area contributed by atoms with Crippen molar-refractivity contribution in [2.75, 3.05) is 6.61 Å². The van der Waals surface area contributed by atoms with Gasteiger partial charge in [-0.1, -0.05) is 30.1 Å². The average Bonchev–Trinajstić information content (AvgIpc) is 2.26. The lowest BCUT2D eigenvalue weighted by Gasteiger charge is -2.14. The highest BCUT2D eigenvalue weighted by Gasteiger charge is 2.14. The molecule has 0 heterocycles. The van der Waals surface area contributed by atoms with Gasteiger partial charge >= 0.3 is 0 Å². The monoisotopic (exact) mass is 276 g/mol. The predicted octanol–water partition coefficient (Wildman–Crippen LogP) is 1.95. The molecule has 0 saturated carbocycles. The highest BCUT2D eigenvalue weighted by atomic mass is 35.5. The standard InChI is InChI=1S/C11H14Cl2N2O2/c1-6(11(15)16)5-17-10-7(4-14)2-8(12)3-9(10)13/h2-3,6H,4-5,14H2,1H3,(H2,15,16). The quantitative estimate of drug-likeness (QED) is 0.863. The zero-order chi connectivity index (χ0) is 13.0. The maximum absolute atomic E-state index is 10.9. The van der Waals surface area contributed by atoms with Gasteiger partial charge in [-0.3, -0.25) is 4.79 Å². The molecule has 1 atom stereocenters. The second-order valence-electron chi connectivity index (χ2n) is 3.69. The van der Waals surface area contributed by atoms with Crippen LogP contribution < -0.4 is 16.2 Å². The molecule has 0 aromatic heterocycles. The zero-order valence-electron chi connectivity index (χ0n) is 9.37. The van der Waals surface area contributed by atoms with E-state index >= 15 is 0 Å². The average molecular weight is 277 g/mol. The Morgan fingerprint density at radius 3 is 2.65 bits per heavy atom. The third kappa shape index (κ3) is 3.77. The molecular weight excluding hydrogens is 263 g/mol. The van der Waals surface area contributed by atoms with E-state index in [1.807, 2.05) is 0 Å². The smallest absolute Gasteiger partial charge is 0.223 e. The molecule has 1 rings (SSSR count). The Hall–Kier alpha value is -0.970. The van der Waals surface area contributed by atoms with Crippen LogP contribution in [0.5, 0.6) is 5.75 Å². The largest absolute Gasteiger partial charge is 0.491 e. The van der Waals surface area contributed by atoms with Crippen LogP contribution in [0.3, 0.4) is 0 Å². The zero-order valence-corrected chi connectivity index (χ0v) is 10.9. The van der Waals surface area contributed by atoms with E-state index in [1.165, 1.54) is 0 Å². The number of nitrogens with two attached hydrogens (primary N) is 2. The second-order valence-corrected chi connectivity index (χ2v) is 4.54. The number of carbonyl (C=O) groups excluding carboxylic acids is 1. The van der Waals surface area contributed by atoms with Gasteiger partial charge in [0.1, 0.15) is 5.75 Å². The van der Waals surface area contributed by atoms with E-state index in [-0.39, 0.29) is 13.2 Å². The van der Waals surface area contributed by atoms with Crippen LogP contribution in [0.4, 0.5) is 0 Å². The summed E-state index contributed by atoms with van der Waals surface area (Å²) < 4.78 is 5.47. The van der Waals surface area contributed by atoms with E-state index < -0.39 is 11.8 Å². The molecule has 4 nitrogen and oxygen atoms in total. The summed E-state index contributed by atoms with van der Waals surface area (Å²) in [6.45, 7) is 2.08. The molecule has 1 amide bonds. The Morgan fingerprint density at radius 2 is 2.12 bits per heavy atom. The molecule has 0 aliphatic rings. The van der Waals surface area contributed by atoms with Crippen LogP contribution in [0.1, 0.15) is 12.5 Å². The Bertz CT molecular complexity index is 424. The van der Waals surface area contributed by atoms with Crippen LogP contribution in [-0.2, 0) is 11.3 Å². The minimum atomic E-state index is -0.426. The van der Waals surface area contributed by atoms with Crippen molar-refractivity contribution in [3.63, 3.8) is 0 Å². The molecule has 4 N–H and O–H groups in total. The van der Waals surface area contributed by atoms with Gasteiger partial charge in [-0.05, 0) is 12.1 Å². The van der Waals surface area contributed by atoms with Gasteiger partial charge < -0.3 is 16.2 Å². The summed E-state index contributed by atoms with van der Waals surface area (Å²) in [4.78, 5) is 10.9. The van der Waals surface area contributed by atoms with Gasteiger partial charge in [0, 0.05) is 17.1 Å². The van der Waals surface area contributed by atoms with Crippen molar-refractivity contribution in [2.24, 2.45) is 17.4 Å². The highest BCUT2D eigenvalue weighted by molar-refractivity contribution is 6.35. The molecule has 0 saturated heterocycles. The van der Waals surface area contributed by atoms with E-state index in [0.29, 0.717) is 21.4 Å². The van der Waals surface area contributed by atoms with Crippen LogP contribution >= 0.6 is 23.2 Å². The molecule has 0 aliphatic heterocycles. The van der Waals surface area contributed by atoms with Gasteiger partial charge in [-0.15, -0.1) is 0 Å². The lowest BCUT2D eigenvalue weighted by atomic mass is 10.2. The molecule has 17 heavy (non-hydrogen) atoms. The van der Waals surface area contributed by atoms with Crippen LogP contribution in [0.15, 0.2) is 12.1 Å². The van der Waals surface area contributed by atoms with Gasteiger partial charge in [-0.2, -0.15) is 0 Å². The number of benzene rings is 1. The molecule has 6 heteroatoms. The Balaban J connectivity index is 2.86. The summed E-state index contributed by atoms with van der Waals surface area (Å²) in [5.74, 6) is -0.372. The van der Waals surface area contributed by atoms with E-state index in [2.05, 4.69) is 0 Å². The number of hydrogen-bond acceptors (Lipinski definition) is 3. The molecule has 1 unspecified atom stereocenters. The fraction of sp³-hybridized carbons (Fsp3) is 0.364. The van der Waals surface area contributed by atoms with Crippen molar-refractivity contribution in [1.29, 1.82) is 0 Å². The highest BCUT2D eigenvalue weighted by Crippen LogP contribution is 2.32. The number of carbonyl (C=O) groups is 1. The predicted molar refractivity (Wildman–Crippen MR) is 68.2 cm³/mol. The molecule has 0 radical (unpaired) electrons. The number of amides is 1. The molecule has 1 aromatic carbocycles. The minimum Gasteiger partial charge on any atom is -0.491 e. The lowest BCUT2D eigenvalue weighted by molar-refractivity contribution is -0.122. The lowest BCUT2D eigenvalue weighted by Crippen LogP contribution is -2.26. The third-order valence-electron chi connectivity index (χ3n) is 2.27. The van der Waals surface area contributed by atoms with Crippen molar-refractivity contribution in [3.8, 4) is 5.75 Å². The normalized spacial score (nSPS) is 12.2. The molecule has 94 valence electrons. The topological polar surface area (TPSA) is 78.3 Å². The minimum absolute atomic E-state index is 0.156. The first-order valence-corrected chi connectivity index (χ1v) is 5.81. The number of ether oxygens (including phenoxy) is 1. The fourth-order valence-corrected chi connectivity index (χ4v) is 1.81. The van der Waals surface area contributed by atoms with Crippen molar-refractivity contribution in [1.82, 2.24) is 0 Å². The maximum atomic E-state index is 10.9. The Kier molecular flexibility index (Phi) is 5.05. The van der Waals surface area contributed by atoms with E-state index in [0.717, 1.165) is 0 Å². The van der Waals surface area contributed by atoms with Crippen LogP contribution in [0, 0.1) is 5.92 Å².